The fourth-order valence-corrected chi connectivity index (χ4v) is 10.4. The summed E-state index contributed by atoms with van der Waals surface area (Å²) in [7, 11) is 1.35. The average Bonchev–Trinajstić information content (AvgIpc) is 3.37. The molecule has 4 fully saturated rings. The normalized spacial score (nSPS) is 36.0. The zero-order chi connectivity index (χ0) is 37.3. The first-order valence-electron chi connectivity index (χ1n) is 18.1. The SMILES string of the molecule is COC(=O)CC[C@@H](C)C1CCC2C3C([C@H](NC(=O)C(CO)NC(=O)OC(C)(C)C)C(=O)[C@@]21C)[C@@]1(C)CC[C@@H](OC(C)=O)C[C@H]1C[C@H]3OC(C)=O. The number of aliphatic hydroxyl groups is 1. The van der Waals surface area contributed by atoms with E-state index in [4.69, 9.17) is 18.9 Å². The average molecular weight is 707 g/mol. The van der Waals surface area contributed by atoms with Crippen LogP contribution in [-0.2, 0) is 42.9 Å². The molecule has 0 radical (unpaired) electrons. The third-order valence-corrected chi connectivity index (χ3v) is 12.4. The molecule has 2 amide bonds. The quantitative estimate of drug-likeness (QED) is 0.221. The summed E-state index contributed by atoms with van der Waals surface area (Å²) in [5, 5.41) is 15.7. The standard InChI is InChI=1S/C37H58N2O11/c1-19(10-13-28(43)47-9)24-11-12-25-29-27(49-21(3)42)17-22-16-23(48-20(2)41)14-15-36(22,7)30(29)31(32(44)37(24,25)8)39-33(45)26(18-40)38-34(46)50-35(4,5)6/h19,22-27,29-31,40H,10-18H2,1-9H3,(H,38,46)(H,39,45)/t19-,22+,23-,24?,25?,26?,27-,29?,30?,31+,36+,37-/m1/s1. The molecule has 0 aromatic rings. The molecule has 0 aliphatic heterocycles. The van der Waals surface area contributed by atoms with Crippen molar-refractivity contribution >= 4 is 35.7 Å². The lowest BCUT2D eigenvalue weighted by molar-refractivity contribution is -0.203. The van der Waals surface area contributed by atoms with Crippen molar-refractivity contribution in [3.05, 3.63) is 0 Å². The number of rotatable bonds is 10. The van der Waals surface area contributed by atoms with Crippen molar-refractivity contribution in [3.8, 4) is 0 Å². The topological polar surface area (TPSA) is 184 Å². The first-order valence-corrected chi connectivity index (χ1v) is 18.1. The van der Waals surface area contributed by atoms with Gasteiger partial charge in [0.1, 0.15) is 23.9 Å². The van der Waals surface area contributed by atoms with Gasteiger partial charge in [-0.1, -0.05) is 20.8 Å². The maximum absolute atomic E-state index is 15.2. The van der Waals surface area contributed by atoms with E-state index in [1.807, 2.05) is 13.8 Å². The van der Waals surface area contributed by atoms with Gasteiger partial charge < -0.3 is 34.7 Å². The fraction of sp³-hybridized carbons (Fsp3) is 0.838. The molecule has 5 unspecified atom stereocenters. The predicted molar refractivity (Wildman–Crippen MR) is 180 cm³/mol. The number of methoxy groups -OCH3 is 1. The molecule has 0 heterocycles. The van der Waals surface area contributed by atoms with Crippen LogP contribution in [0.1, 0.15) is 107 Å². The maximum atomic E-state index is 15.2. The van der Waals surface area contributed by atoms with E-state index >= 15 is 4.79 Å². The van der Waals surface area contributed by atoms with E-state index in [9.17, 15) is 29.1 Å². The van der Waals surface area contributed by atoms with E-state index in [1.165, 1.54) is 21.0 Å². The van der Waals surface area contributed by atoms with Crippen LogP contribution < -0.4 is 10.6 Å². The van der Waals surface area contributed by atoms with E-state index in [-0.39, 0.29) is 59.8 Å². The molecule has 282 valence electrons. The van der Waals surface area contributed by atoms with E-state index < -0.39 is 65.1 Å². The summed E-state index contributed by atoms with van der Waals surface area (Å²) in [6.45, 7) is 13.2. The van der Waals surface area contributed by atoms with Gasteiger partial charge in [0, 0.05) is 31.6 Å². The number of Topliss-reactive ketones (excluding diaryl/α,β-unsaturated/α-hetero) is 1. The van der Waals surface area contributed by atoms with Crippen LogP contribution >= 0.6 is 0 Å². The number of carbonyl (C=O) groups is 6. The number of hydrogen-bond donors (Lipinski definition) is 3. The number of carbonyl (C=O) groups excluding carboxylic acids is 6. The zero-order valence-corrected chi connectivity index (χ0v) is 31.2. The lowest BCUT2D eigenvalue weighted by atomic mass is 9.42. The van der Waals surface area contributed by atoms with Gasteiger partial charge in [-0.15, -0.1) is 0 Å². The molecule has 0 aromatic carbocycles. The Morgan fingerprint density at radius 3 is 2.24 bits per heavy atom. The Morgan fingerprint density at radius 1 is 1.00 bits per heavy atom. The number of ketones is 1. The minimum absolute atomic E-state index is 0.0294. The highest BCUT2D eigenvalue weighted by atomic mass is 16.6. The third kappa shape index (κ3) is 7.97. The highest BCUT2D eigenvalue weighted by Crippen LogP contribution is 2.68. The molecule has 13 heteroatoms. The molecule has 0 bridgehead atoms. The lowest BCUT2D eigenvalue weighted by Crippen LogP contribution is -2.71. The summed E-state index contributed by atoms with van der Waals surface area (Å²) in [5.74, 6) is -3.15. The van der Waals surface area contributed by atoms with E-state index in [0.29, 0.717) is 38.5 Å². The summed E-state index contributed by atoms with van der Waals surface area (Å²) >= 11 is 0. The largest absolute Gasteiger partial charge is 0.469 e. The lowest BCUT2D eigenvalue weighted by Gasteiger charge is -2.64. The van der Waals surface area contributed by atoms with Crippen LogP contribution in [0.15, 0.2) is 0 Å². The van der Waals surface area contributed by atoms with Crippen LogP contribution in [0.25, 0.3) is 0 Å². The second-order valence-corrected chi connectivity index (χ2v) is 16.6. The van der Waals surface area contributed by atoms with Crippen LogP contribution in [0.2, 0.25) is 0 Å². The summed E-state index contributed by atoms with van der Waals surface area (Å²) < 4.78 is 22.0. The molecule has 4 aliphatic rings. The molecule has 0 saturated heterocycles. The van der Waals surface area contributed by atoms with Crippen LogP contribution in [0.5, 0.6) is 0 Å². The van der Waals surface area contributed by atoms with E-state index in [0.717, 1.165) is 6.42 Å². The minimum atomic E-state index is -1.39. The number of hydrogen-bond acceptors (Lipinski definition) is 11. The number of amides is 2. The predicted octanol–water partition coefficient (Wildman–Crippen LogP) is 3.87. The highest BCUT2D eigenvalue weighted by molar-refractivity contribution is 5.96. The molecule has 0 spiro atoms. The Balaban J connectivity index is 1.78. The van der Waals surface area contributed by atoms with Crippen LogP contribution in [-0.4, -0.2) is 84.4 Å². The number of aliphatic hydroxyl groups excluding tert-OH is 1. The first-order chi connectivity index (χ1) is 23.3. The maximum Gasteiger partial charge on any atom is 0.408 e. The Kier molecular flexibility index (Phi) is 12.0. The van der Waals surface area contributed by atoms with Gasteiger partial charge in [0.2, 0.25) is 5.91 Å². The van der Waals surface area contributed by atoms with Crippen molar-refractivity contribution in [1.29, 1.82) is 0 Å². The van der Waals surface area contributed by atoms with Crippen LogP contribution in [0, 0.1) is 46.3 Å². The Hall–Kier alpha value is -3.22. The molecular formula is C37H58N2O11. The molecule has 13 nitrogen and oxygen atoms in total. The van der Waals surface area contributed by atoms with Crippen LogP contribution in [0.3, 0.4) is 0 Å². The molecule has 0 aromatic heterocycles. The summed E-state index contributed by atoms with van der Waals surface area (Å²) in [6, 6.07) is -2.43. The van der Waals surface area contributed by atoms with Crippen LogP contribution in [0.4, 0.5) is 4.79 Å². The van der Waals surface area contributed by atoms with Gasteiger partial charge in [-0.05, 0) is 101 Å². The first kappa shape index (κ1) is 39.6. The van der Waals surface area contributed by atoms with Crippen molar-refractivity contribution in [1.82, 2.24) is 10.6 Å². The molecule has 12 atom stereocenters. The minimum Gasteiger partial charge on any atom is -0.469 e. The number of nitrogens with one attached hydrogen (secondary N) is 2. The second-order valence-electron chi connectivity index (χ2n) is 16.6. The molecule has 4 rings (SSSR count). The van der Waals surface area contributed by atoms with Crippen molar-refractivity contribution in [3.63, 3.8) is 0 Å². The van der Waals surface area contributed by atoms with Gasteiger partial charge in [0.25, 0.3) is 0 Å². The van der Waals surface area contributed by atoms with Gasteiger partial charge >= 0.3 is 24.0 Å². The molecule has 3 N–H and O–H groups in total. The highest BCUT2D eigenvalue weighted by Gasteiger charge is 2.70. The van der Waals surface area contributed by atoms with Gasteiger partial charge in [-0.25, -0.2) is 4.79 Å². The Bertz CT molecular complexity index is 1330. The zero-order valence-electron chi connectivity index (χ0n) is 31.2. The number of fused-ring (bicyclic) bond motifs is 5. The number of esters is 3. The second kappa shape index (κ2) is 15.2. The van der Waals surface area contributed by atoms with Gasteiger partial charge in [0.05, 0.1) is 19.8 Å². The van der Waals surface area contributed by atoms with Gasteiger partial charge in [-0.2, -0.15) is 0 Å². The van der Waals surface area contributed by atoms with E-state index in [1.54, 1.807) is 20.8 Å². The fourth-order valence-electron chi connectivity index (χ4n) is 10.4. The van der Waals surface area contributed by atoms with Crippen molar-refractivity contribution in [2.75, 3.05) is 13.7 Å². The Labute approximate surface area is 295 Å². The van der Waals surface area contributed by atoms with Gasteiger partial charge in [0.15, 0.2) is 5.78 Å². The Morgan fingerprint density at radius 2 is 1.66 bits per heavy atom. The third-order valence-electron chi connectivity index (χ3n) is 12.4. The monoisotopic (exact) mass is 706 g/mol. The van der Waals surface area contributed by atoms with E-state index in [2.05, 4.69) is 17.6 Å². The molecule has 50 heavy (non-hydrogen) atoms. The van der Waals surface area contributed by atoms with Crippen molar-refractivity contribution in [2.45, 2.75) is 137 Å². The molecule has 4 saturated carbocycles. The smallest absolute Gasteiger partial charge is 0.408 e. The summed E-state index contributed by atoms with van der Waals surface area (Å²) in [6.07, 6.45) is 2.66. The van der Waals surface area contributed by atoms with Gasteiger partial charge in [-0.3, -0.25) is 24.0 Å². The van der Waals surface area contributed by atoms with Crippen molar-refractivity contribution < 1.29 is 52.8 Å². The number of ether oxygens (including phenoxy) is 4. The summed E-state index contributed by atoms with van der Waals surface area (Å²) in [5.41, 5.74) is -2.28. The number of alkyl carbamates (subject to hydrolysis) is 1. The molecule has 4 aliphatic carbocycles. The summed E-state index contributed by atoms with van der Waals surface area (Å²) in [4.78, 5) is 78.6. The van der Waals surface area contributed by atoms with Crippen molar-refractivity contribution in [2.24, 2.45) is 46.3 Å². The molecular weight excluding hydrogens is 648 g/mol.